The van der Waals surface area contributed by atoms with Crippen molar-refractivity contribution in [3.63, 3.8) is 0 Å². The van der Waals surface area contributed by atoms with Gasteiger partial charge < -0.3 is 10.2 Å². The molecule has 0 aliphatic rings. The van der Waals surface area contributed by atoms with E-state index < -0.39 is 5.60 Å². The molecule has 0 atom stereocenters. The van der Waals surface area contributed by atoms with E-state index in [1.54, 1.807) is 24.7 Å². The molecule has 0 amide bonds. The maximum Gasteiger partial charge on any atom is 0.0787 e. The Balaban J connectivity index is 2.42. The Bertz CT molecular complexity index is 497. The Morgan fingerprint density at radius 2 is 2.12 bits per heavy atom. The molecule has 0 aliphatic carbocycles. The van der Waals surface area contributed by atoms with E-state index in [0.717, 1.165) is 16.5 Å². The van der Waals surface area contributed by atoms with Crippen LogP contribution in [0.2, 0.25) is 0 Å². The van der Waals surface area contributed by atoms with Crippen molar-refractivity contribution in [3.8, 4) is 0 Å². The van der Waals surface area contributed by atoms with Crippen LogP contribution in [0.1, 0.15) is 19.4 Å². The molecule has 4 heteroatoms. The van der Waals surface area contributed by atoms with E-state index in [4.69, 9.17) is 5.11 Å². The van der Waals surface area contributed by atoms with Crippen LogP contribution in [-0.2, 0) is 13.2 Å². The number of benzene rings is 1. The van der Waals surface area contributed by atoms with Gasteiger partial charge in [0.2, 0.25) is 0 Å². The second-order valence-electron chi connectivity index (χ2n) is 4.67. The summed E-state index contributed by atoms with van der Waals surface area (Å²) < 4.78 is 1.77. The Labute approximate surface area is 94.1 Å². The fraction of sp³-hybridized carbons (Fsp3) is 0.417. The molecular formula is C12H16N2O2. The van der Waals surface area contributed by atoms with Gasteiger partial charge in [0.15, 0.2) is 0 Å². The molecule has 1 heterocycles. The molecule has 0 bridgehead atoms. The molecule has 0 radical (unpaired) electrons. The van der Waals surface area contributed by atoms with Gasteiger partial charge in [-0.2, -0.15) is 5.10 Å². The van der Waals surface area contributed by atoms with Gasteiger partial charge in [-0.05, 0) is 31.5 Å². The largest absolute Gasteiger partial charge is 0.392 e. The second kappa shape index (κ2) is 3.88. The zero-order valence-corrected chi connectivity index (χ0v) is 9.51. The SMILES string of the molecule is CC(C)(O)Cn1ncc2cc(CO)ccc21. The molecule has 2 rings (SSSR count). The number of aromatic nitrogens is 2. The minimum absolute atomic E-state index is 0.0343. The van der Waals surface area contributed by atoms with Crippen molar-refractivity contribution < 1.29 is 10.2 Å². The fourth-order valence-electron chi connectivity index (χ4n) is 1.73. The van der Waals surface area contributed by atoms with E-state index in [1.807, 2.05) is 18.2 Å². The van der Waals surface area contributed by atoms with Crippen molar-refractivity contribution in [2.75, 3.05) is 0 Å². The minimum Gasteiger partial charge on any atom is -0.392 e. The molecule has 0 spiro atoms. The van der Waals surface area contributed by atoms with E-state index >= 15 is 0 Å². The molecule has 0 unspecified atom stereocenters. The standard InChI is InChI=1S/C12H16N2O2/c1-12(2,16)8-14-11-4-3-9(7-15)5-10(11)6-13-14/h3-6,15-16H,7-8H2,1-2H3. The maximum absolute atomic E-state index is 9.75. The van der Waals surface area contributed by atoms with E-state index in [0.29, 0.717) is 6.54 Å². The molecule has 0 saturated heterocycles. The van der Waals surface area contributed by atoms with Crippen LogP contribution in [0, 0.1) is 0 Å². The number of nitrogens with zero attached hydrogens (tertiary/aromatic N) is 2. The highest BCUT2D eigenvalue weighted by Gasteiger charge is 2.15. The molecule has 16 heavy (non-hydrogen) atoms. The smallest absolute Gasteiger partial charge is 0.0787 e. The molecule has 2 N–H and O–H groups in total. The molecule has 4 nitrogen and oxygen atoms in total. The normalized spacial score (nSPS) is 12.2. The molecule has 0 saturated carbocycles. The van der Waals surface area contributed by atoms with Gasteiger partial charge in [0.1, 0.15) is 0 Å². The molecule has 86 valence electrons. The summed E-state index contributed by atoms with van der Waals surface area (Å²) in [5.74, 6) is 0. The van der Waals surface area contributed by atoms with Crippen LogP contribution in [0.4, 0.5) is 0 Å². The number of aliphatic hydroxyl groups is 2. The average molecular weight is 220 g/mol. The topological polar surface area (TPSA) is 58.3 Å². The first-order valence-electron chi connectivity index (χ1n) is 5.27. The minimum atomic E-state index is -0.783. The van der Waals surface area contributed by atoms with Crippen LogP contribution in [-0.4, -0.2) is 25.6 Å². The number of fused-ring (bicyclic) bond motifs is 1. The second-order valence-corrected chi connectivity index (χ2v) is 4.67. The lowest BCUT2D eigenvalue weighted by molar-refractivity contribution is 0.0591. The number of aliphatic hydroxyl groups excluding tert-OH is 1. The maximum atomic E-state index is 9.75. The van der Waals surface area contributed by atoms with Crippen molar-refractivity contribution >= 4 is 10.9 Å². The first kappa shape index (κ1) is 11.1. The summed E-state index contributed by atoms with van der Waals surface area (Å²) in [5.41, 5.74) is 1.06. The first-order chi connectivity index (χ1) is 7.49. The summed E-state index contributed by atoms with van der Waals surface area (Å²) in [7, 11) is 0. The lowest BCUT2D eigenvalue weighted by atomic mass is 10.1. The van der Waals surface area contributed by atoms with Gasteiger partial charge in [0, 0.05) is 5.39 Å². The van der Waals surface area contributed by atoms with E-state index in [1.165, 1.54) is 0 Å². The van der Waals surface area contributed by atoms with Crippen LogP contribution >= 0.6 is 0 Å². The van der Waals surface area contributed by atoms with Crippen molar-refractivity contribution in [1.29, 1.82) is 0 Å². The predicted molar refractivity (Wildman–Crippen MR) is 62.0 cm³/mol. The Hall–Kier alpha value is -1.39. The number of rotatable bonds is 3. The van der Waals surface area contributed by atoms with Gasteiger partial charge in [-0.25, -0.2) is 0 Å². The molecule has 0 fully saturated rings. The highest BCUT2D eigenvalue weighted by molar-refractivity contribution is 5.79. The molecule has 0 aliphatic heterocycles. The quantitative estimate of drug-likeness (QED) is 0.819. The van der Waals surface area contributed by atoms with Gasteiger partial charge >= 0.3 is 0 Å². The van der Waals surface area contributed by atoms with Crippen LogP contribution in [0.15, 0.2) is 24.4 Å². The van der Waals surface area contributed by atoms with Crippen LogP contribution in [0.3, 0.4) is 0 Å². The van der Waals surface area contributed by atoms with Gasteiger partial charge in [0.25, 0.3) is 0 Å². The van der Waals surface area contributed by atoms with Gasteiger partial charge in [-0.15, -0.1) is 0 Å². The summed E-state index contributed by atoms with van der Waals surface area (Å²) in [6.07, 6.45) is 1.75. The fourth-order valence-corrected chi connectivity index (χ4v) is 1.73. The summed E-state index contributed by atoms with van der Waals surface area (Å²) in [6.45, 7) is 3.99. The van der Waals surface area contributed by atoms with Crippen LogP contribution in [0.5, 0.6) is 0 Å². The monoisotopic (exact) mass is 220 g/mol. The van der Waals surface area contributed by atoms with Gasteiger partial charge in [-0.3, -0.25) is 4.68 Å². The summed E-state index contributed by atoms with van der Waals surface area (Å²) in [5, 5.41) is 24.0. The summed E-state index contributed by atoms with van der Waals surface area (Å²) in [4.78, 5) is 0. The Morgan fingerprint density at radius 3 is 2.75 bits per heavy atom. The number of hydrogen-bond acceptors (Lipinski definition) is 3. The third-order valence-electron chi connectivity index (χ3n) is 2.43. The van der Waals surface area contributed by atoms with Crippen LogP contribution in [0.25, 0.3) is 10.9 Å². The molecule has 2 aromatic rings. The molecule has 1 aromatic heterocycles. The van der Waals surface area contributed by atoms with Crippen molar-refractivity contribution in [2.45, 2.75) is 32.6 Å². The van der Waals surface area contributed by atoms with Crippen molar-refractivity contribution in [3.05, 3.63) is 30.0 Å². The highest BCUT2D eigenvalue weighted by atomic mass is 16.3. The molecule has 1 aromatic carbocycles. The van der Waals surface area contributed by atoms with Crippen LogP contribution < -0.4 is 0 Å². The van der Waals surface area contributed by atoms with Gasteiger partial charge in [-0.1, -0.05) is 6.07 Å². The Morgan fingerprint density at radius 1 is 1.38 bits per heavy atom. The zero-order valence-electron chi connectivity index (χ0n) is 9.51. The van der Waals surface area contributed by atoms with Crippen molar-refractivity contribution in [1.82, 2.24) is 9.78 Å². The van der Waals surface area contributed by atoms with Crippen molar-refractivity contribution in [2.24, 2.45) is 0 Å². The van der Waals surface area contributed by atoms with E-state index in [2.05, 4.69) is 5.10 Å². The van der Waals surface area contributed by atoms with E-state index in [9.17, 15) is 5.11 Å². The third-order valence-corrected chi connectivity index (χ3v) is 2.43. The van der Waals surface area contributed by atoms with E-state index in [-0.39, 0.29) is 6.61 Å². The summed E-state index contributed by atoms with van der Waals surface area (Å²) in [6, 6.07) is 5.69. The third kappa shape index (κ3) is 2.23. The first-order valence-corrected chi connectivity index (χ1v) is 5.27. The Kier molecular flexibility index (Phi) is 2.69. The average Bonchev–Trinajstić information content (AvgIpc) is 2.58. The molecular weight excluding hydrogens is 204 g/mol. The zero-order chi connectivity index (χ0) is 11.8. The van der Waals surface area contributed by atoms with Gasteiger partial charge in [0.05, 0.1) is 30.5 Å². The number of hydrogen-bond donors (Lipinski definition) is 2. The lowest BCUT2D eigenvalue weighted by Gasteiger charge is -2.17. The summed E-state index contributed by atoms with van der Waals surface area (Å²) >= 11 is 0. The lowest BCUT2D eigenvalue weighted by Crippen LogP contribution is -2.26. The highest BCUT2D eigenvalue weighted by Crippen LogP contribution is 2.17. The predicted octanol–water partition coefficient (Wildman–Crippen LogP) is 1.30.